The monoisotopic (exact) mass is 462 g/mol. The molecule has 9 nitrogen and oxygen atoms in total. The van der Waals surface area contributed by atoms with E-state index in [0.717, 1.165) is 19.7 Å². The zero-order valence-corrected chi connectivity index (χ0v) is 18.5. The number of halogens is 1. The number of fused-ring (bicyclic) bond motifs is 2. The number of benzene rings is 1. The number of carboxylic acid groups (broad SMARTS) is 1. The van der Waals surface area contributed by atoms with Crippen LogP contribution in [0.15, 0.2) is 23.6 Å². The number of aromatic nitrogens is 1. The normalized spacial score (nSPS) is 20.5. The van der Waals surface area contributed by atoms with Crippen molar-refractivity contribution in [1.29, 1.82) is 0 Å². The van der Waals surface area contributed by atoms with E-state index in [9.17, 15) is 24.3 Å². The number of likely N-dealkylation sites (N-methyl/N-ethyl adjacent to an activating group) is 1. The molecule has 4 rings (SSSR count). The van der Waals surface area contributed by atoms with Gasteiger partial charge in [0.15, 0.2) is 0 Å². The number of rotatable bonds is 5. The van der Waals surface area contributed by atoms with Crippen LogP contribution in [0.2, 0.25) is 5.02 Å². The van der Waals surface area contributed by atoms with Crippen LogP contribution in [0.5, 0.6) is 0 Å². The molecular formula is C20H19ClN4O5S. The molecule has 4 amide bonds. The van der Waals surface area contributed by atoms with E-state index in [4.69, 9.17) is 11.6 Å². The zero-order valence-electron chi connectivity index (χ0n) is 17.0. The number of hydrogen-bond acceptors (Lipinski definition) is 6. The Morgan fingerprint density at radius 2 is 1.90 bits per heavy atom. The summed E-state index contributed by atoms with van der Waals surface area (Å²) in [5, 5.41) is 12.2. The minimum Gasteiger partial charge on any atom is -0.480 e. The van der Waals surface area contributed by atoms with E-state index in [1.165, 1.54) is 36.6 Å². The Hall–Kier alpha value is -2.98. The van der Waals surface area contributed by atoms with Crippen molar-refractivity contribution in [2.45, 2.75) is 31.8 Å². The van der Waals surface area contributed by atoms with Crippen LogP contribution in [0.3, 0.4) is 0 Å². The lowest BCUT2D eigenvalue weighted by Gasteiger charge is -2.27. The summed E-state index contributed by atoms with van der Waals surface area (Å²) in [6, 6.07) is 3.75. The molecule has 1 atom stereocenters. The second-order valence-electron chi connectivity index (χ2n) is 7.72. The van der Waals surface area contributed by atoms with E-state index < -0.39 is 35.9 Å². The summed E-state index contributed by atoms with van der Waals surface area (Å²) in [5.41, 5.74) is -1.03. The van der Waals surface area contributed by atoms with E-state index in [-0.39, 0.29) is 28.7 Å². The number of carbonyl (C=O) groups is 4. The molecule has 2 aliphatic rings. The van der Waals surface area contributed by atoms with Gasteiger partial charge in [-0.15, -0.1) is 11.3 Å². The number of aliphatic carboxylic acids is 1. The number of anilines is 1. The number of carbonyl (C=O) groups excluding carboxylic acids is 3. The van der Waals surface area contributed by atoms with Gasteiger partial charge >= 0.3 is 12.0 Å². The molecule has 1 fully saturated rings. The lowest BCUT2D eigenvalue weighted by Crippen LogP contribution is -2.53. The second kappa shape index (κ2) is 7.31. The summed E-state index contributed by atoms with van der Waals surface area (Å²) in [4.78, 5) is 59.0. The highest BCUT2D eigenvalue weighted by atomic mass is 35.5. The van der Waals surface area contributed by atoms with Gasteiger partial charge in [0, 0.05) is 28.9 Å². The molecule has 1 saturated heterocycles. The predicted molar refractivity (Wildman–Crippen MR) is 113 cm³/mol. The highest BCUT2D eigenvalue weighted by molar-refractivity contribution is 7.09. The van der Waals surface area contributed by atoms with E-state index in [1.807, 2.05) is 13.8 Å². The van der Waals surface area contributed by atoms with Crippen molar-refractivity contribution < 1.29 is 24.3 Å². The summed E-state index contributed by atoms with van der Waals surface area (Å²) in [6.45, 7) is 3.25. The number of urea groups is 1. The van der Waals surface area contributed by atoms with E-state index >= 15 is 0 Å². The van der Waals surface area contributed by atoms with E-state index in [0.29, 0.717) is 5.69 Å². The molecule has 0 radical (unpaired) electrons. The summed E-state index contributed by atoms with van der Waals surface area (Å²) in [6.07, 6.45) is 0. The third-order valence-electron chi connectivity index (χ3n) is 5.45. The van der Waals surface area contributed by atoms with Gasteiger partial charge in [-0.25, -0.2) is 9.78 Å². The smallest absolute Gasteiger partial charge is 0.328 e. The lowest BCUT2D eigenvalue weighted by molar-refractivity contribution is -0.143. The van der Waals surface area contributed by atoms with Gasteiger partial charge in [0.25, 0.3) is 11.8 Å². The molecule has 1 spiro atoms. The second-order valence-corrected chi connectivity index (χ2v) is 9.05. The fourth-order valence-corrected chi connectivity index (χ4v) is 4.99. The number of amides is 4. The summed E-state index contributed by atoms with van der Waals surface area (Å²) >= 11 is 7.57. The van der Waals surface area contributed by atoms with Crippen LogP contribution in [0.4, 0.5) is 10.5 Å². The molecular weight excluding hydrogens is 444 g/mol. The van der Waals surface area contributed by atoms with Crippen LogP contribution < -0.4 is 4.90 Å². The third kappa shape index (κ3) is 3.01. The summed E-state index contributed by atoms with van der Waals surface area (Å²) < 4.78 is 0. The highest BCUT2D eigenvalue weighted by Crippen LogP contribution is 2.49. The summed E-state index contributed by atoms with van der Waals surface area (Å²) in [5.74, 6) is -2.59. The van der Waals surface area contributed by atoms with Crippen molar-refractivity contribution in [1.82, 2.24) is 14.8 Å². The van der Waals surface area contributed by atoms with Crippen LogP contribution in [0, 0.1) is 0 Å². The number of thiazole rings is 1. The molecule has 11 heteroatoms. The van der Waals surface area contributed by atoms with Gasteiger partial charge in [-0.2, -0.15) is 0 Å². The van der Waals surface area contributed by atoms with Crippen LogP contribution in [-0.4, -0.2) is 57.3 Å². The van der Waals surface area contributed by atoms with Crippen molar-refractivity contribution in [2.24, 2.45) is 0 Å². The quantitative estimate of drug-likeness (QED) is 0.540. The first kappa shape index (κ1) is 21.3. The highest BCUT2D eigenvalue weighted by Gasteiger charge is 2.67. The molecule has 2 aliphatic heterocycles. The van der Waals surface area contributed by atoms with Gasteiger partial charge in [0.05, 0.1) is 22.9 Å². The first-order chi connectivity index (χ1) is 14.6. The van der Waals surface area contributed by atoms with Gasteiger partial charge in [0.2, 0.25) is 5.54 Å². The molecule has 0 saturated carbocycles. The van der Waals surface area contributed by atoms with E-state index in [1.54, 1.807) is 5.38 Å². The molecule has 1 N–H and O–H groups in total. The average molecular weight is 463 g/mol. The molecule has 1 aromatic heterocycles. The number of imide groups is 1. The molecule has 1 unspecified atom stereocenters. The van der Waals surface area contributed by atoms with Crippen molar-refractivity contribution in [3.05, 3.63) is 44.9 Å². The Morgan fingerprint density at radius 1 is 1.23 bits per heavy atom. The maximum absolute atomic E-state index is 13.6. The Labute approximate surface area is 186 Å². The van der Waals surface area contributed by atoms with Gasteiger partial charge in [-0.3, -0.25) is 24.2 Å². The maximum Gasteiger partial charge on any atom is 0.328 e. The van der Waals surface area contributed by atoms with Gasteiger partial charge in [-0.1, -0.05) is 25.4 Å². The molecule has 31 heavy (non-hydrogen) atoms. The number of hydrogen-bond donors (Lipinski definition) is 1. The molecule has 3 heterocycles. The van der Waals surface area contributed by atoms with Crippen molar-refractivity contribution >= 4 is 52.4 Å². The minimum atomic E-state index is -2.00. The Balaban J connectivity index is 1.79. The van der Waals surface area contributed by atoms with Gasteiger partial charge in [-0.05, 0) is 18.2 Å². The first-order valence-corrected chi connectivity index (χ1v) is 10.7. The lowest BCUT2D eigenvalue weighted by atomic mass is 9.90. The minimum absolute atomic E-state index is 0.0882. The number of carboxylic acids is 1. The van der Waals surface area contributed by atoms with Gasteiger partial charge < -0.3 is 10.0 Å². The molecule has 2 aromatic rings. The summed E-state index contributed by atoms with van der Waals surface area (Å²) in [7, 11) is 1.35. The van der Waals surface area contributed by atoms with Crippen LogP contribution in [0.25, 0.3) is 0 Å². The SMILES string of the molecule is CC(C)c1nc(CN2C(=O)N(C)C3(C2=O)C(=O)N(CC(=O)O)c2ccc(Cl)cc23)cs1. The number of nitrogens with zero attached hydrogens (tertiary/aromatic N) is 4. The molecule has 0 bridgehead atoms. The van der Waals surface area contributed by atoms with Crippen molar-refractivity contribution in [3.8, 4) is 0 Å². The topological polar surface area (TPSA) is 111 Å². The first-order valence-electron chi connectivity index (χ1n) is 9.46. The van der Waals surface area contributed by atoms with Crippen molar-refractivity contribution in [2.75, 3.05) is 18.5 Å². The Morgan fingerprint density at radius 3 is 2.52 bits per heavy atom. The Bertz CT molecular complexity index is 1130. The molecule has 1 aromatic carbocycles. The standard InChI is InChI=1S/C20H19ClN4O5S/c1-10(2)16-22-12(9-31-16)7-25-18(29)20(23(3)19(25)30)13-6-11(21)4-5-14(13)24(17(20)28)8-15(26)27/h4-6,9-10H,7-8H2,1-3H3,(H,26,27). The van der Waals surface area contributed by atoms with Crippen LogP contribution >= 0.6 is 22.9 Å². The Kier molecular flexibility index (Phi) is 5.01. The predicted octanol–water partition coefficient (Wildman–Crippen LogP) is 2.64. The fraction of sp³-hybridized carbons (Fsp3) is 0.350. The van der Waals surface area contributed by atoms with Gasteiger partial charge in [0.1, 0.15) is 6.54 Å². The third-order valence-corrected chi connectivity index (χ3v) is 6.88. The van der Waals surface area contributed by atoms with Crippen molar-refractivity contribution in [3.63, 3.8) is 0 Å². The fourth-order valence-electron chi connectivity index (χ4n) is 3.99. The maximum atomic E-state index is 13.6. The largest absolute Gasteiger partial charge is 0.480 e. The van der Waals surface area contributed by atoms with Crippen LogP contribution in [-0.2, 0) is 26.5 Å². The zero-order chi connectivity index (χ0) is 22.7. The molecule has 0 aliphatic carbocycles. The van der Waals surface area contributed by atoms with E-state index in [2.05, 4.69) is 4.98 Å². The molecule has 162 valence electrons. The average Bonchev–Trinajstić information content (AvgIpc) is 3.31. The van der Waals surface area contributed by atoms with Crippen LogP contribution in [0.1, 0.15) is 36.0 Å².